The average molecular weight is 249 g/mol. The molecule has 0 saturated carbocycles. The van der Waals surface area contributed by atoms with E-state index in [-0.39, 0.29) is 12.0 Å². The minimum Gasteiger partial charge on any atom is -0.467 e. The van der Waals surface area contributed by atoms with Crippen molar-refractivity contribution in [1.29, 1.82) is 0 Å². The molecule has 0 saturated heterocycles. The van der Waals surface area contributed by atoms with Crippen molar-refractivity contribution < 1.29 is 18.7 Å². The van der Waals surface area contributed by atoms with Crippen molar-refractivity contribution in [3.63, 3.8) is 0 Å². The van der Waals surface area contributed by atoms with Crippen LogP contribution in [-0.4, -0.2) is 24.4 Å². The topological polar surface area (TPSA) is 55.4 Å². The highest BCUT2D eigenvalue weighted by Crippen LogP contribution is 2.36. The van der Waals surface area contributed by atoms with Gasteiger partial charge in [0.15, 0.2) is 0 Å². The lowest BCUT2D eigenvalue weighted by Crippen LogP contribution is -2.49. The molecule has 1 atom stereocenters. The van der Waals surface area contributed by atoms with Crippen LogP contribution in [0.15, 0.2) is 30.9 Å². The number of rotatable bonds is 3. The van der Waals surface area contributed by atoms with Crippen molar-refractivity contribution in [2.24, 2.45) is 0 Å². The Morgan fingerprint density at radius 3 is 2.94 bits per heavy atom. The van der Waals surface area contributed by atoms with E-state index in [2.05, 4.69) is 16.6 Å². The van der Waals surface area contributed by atoms with Crippen molar-refractivity contribution in [2.75, 3.05) is 12.4 Å². The van der Waals surface area contributed by atoms with Crippen LogP contribution in [0.4, 0.5) is 10.1 Å². The van der Waals surface area contributed by atoms with E-state index >= 15 is 0 Å². The third-order valence-corrected chi connectivity index (χ3v) is 2.95. The largest absolute Gasteiger partial charge is 0.467 e. The fourth-order valence-electron chi connectivity index (χ4n) is 2.10. The number of carbonyl (C=O) groups is 2. The number of Topliss-reactive ketones (excluding diaryl/α,β-unsaturated/α-hetero) is 1. The van der Waals surface area contributed by atoms with E-state index in [1.54, 1.807) is 0 Å². The van der Waals surface area contributed by atoms with Gasteiger partial charge in [-0.1, -0.05) is 6.08 Å². The number of benzene rings is 1. The molecule has 2 rings (SSSR count). The zero-order chi connectivity index (χ0) is 13.3. The molecule has 18 heavy (non-hydrogen) atoms. The highest BCUT2D eigenvalue weighted by molar-refractivity contribution is 6.24. The first-order valence-corrected chi connectivity index (χ1v) is 5.37. The second kappa shape index (κ2) is 4.25. The van der Waals surface area contributed by atoms with Crippen LogP contribution in [0.5, 0.6) is 0 Å². The van der Waals surface area contributed by atoms with Gasteiger partial charge in [0.25, 0.3) is 0 Å². The van der Waals surface area contributed by atoms with Crippen molar-refractivity contribution in [3.8, 4) is 0 Å². The van der Waals surface area contributed by atoms with Crippen molar-refractivity contribution in [1.82, 2.24) is 0 Å². The lowest BCUT2D eigenvalue weighted by atomic mass is 9.90. The number of hydrogen-bond acceptors (Lipinski definition) is 4. The average Bonchev–Trinajstić information content (AvgIpc) is 2.62. The van der Waals surface area contributed by atoms with Gasteiger partial charge >= 0.3 is 5.97 Å². The van der Waals surface area contributed by atoms with Gasteiger partial charge in [0.05, 0.1) is 7.11 Å². The standard InChI is InChI=1S/C13H12FNO3/c1-3-6-13(12(17)18-2)11(16)9-5-4-8(14)7-10(9)15-13/h3-5,7,15H,1,6H2,2H3. The number of esters is 1. The van der Waals surface area contributed by atoms with E-state index in [4.69, 9.17) is 0 Å². The summed E-state index contributed by atoms with van der Waals surface area (Å²) in [5.74, 6) is -1.61. The van der Waals surface area contributed by atoms with Gasteiger partial charge < -0.3 is 10.1 Å². The molecule has 94 valence electrons. The summed E-state index contributed by atoms with van der Waals surface area (Å²) in [6.07, 6.45) is 1.53. The Morgan fingerprint density at radius 1 is 1.61 bits per heavy atom. The van der Waals surface area contributed by atoms with Gasteiger partial charge in [0, 0.05) is 17.7 Å². The first-order valence-electron chi connectivity index (χ1n) is 5.37. The van der Waals surface area contributed by atoms with E-state index < -0.39 is 23.1 Å². The van der Waals surface area contributed by atoms with Gasteiger partial charge in [-0.05, 0) is 18.2 Å². The fraction of sp³-hybridized carbons (Fsp3) is 0.231. The molecule has 1 aliphatic rings. The fourth-order valence-corrected chi connectivity index (χ4v) is 2.10. The van der Waals surface area contributed by atoms with Crippen LogP contribution < -0.4 is 5.32 Å². The summed E-state index contributed by atoms with van der Waals surface area (Å²) in [7, 11) is 1.20. The molecule has 1 aromatic rings. The van der Waals surface area contributed by atoms with Gasteiger partial charge in [-0.3, -0.25) is 4.79 Å². The molecule has 5 heteroatoms. The monoisotopic (exact) mass is 249 g/mol. The maximum atomic E-state index is 13.1. The van der Waals surface area contributed by atoms with Crippen LogP contribution in [0.1, 0.15) is 16.8 Å². The molecule has 0 radical (unpaired) electrons. The molecule has 1 heterocycles. The molecule has 0 aromatic heterocycles. The van der Waals surface area contributed by atoms with Gasteiger partial charge in [-0.25, -0.2) is 9.18 Å². The van der Waals surface area contributed by atoms with E-state index in [1.165, 1.54) is 31.4 Å². The number of methoxy groups -OCH3 is 1. The maximum Gasteiger partial charge on any atom is 0.340 e. The summed E-state index contributed by atoms with van der Waals surface area (Å²) >= 11 is 0. The number of anilines is 1. The van der Waals surface area contributed by atoms with Crippen LogP contribution in [0.2, 0.25) is 0 Å². The third-order valence-electron chi connectivity index (χ3n) is 2.95. The Kier molecular flexibility index (Phi) is 2.90. The van der Waals surface area contributed by atoms with Crippen LogP contribution in [0, 0.1) is 5.82 Å². The van der Waals surface area contributed by atoms with Gasteiger partial charge in [-0.2, -0.15) is 0 Å². The van der Waals surface area contributed by atoms with Crippen LogP contribution in [0.25, 0.3) is 0 Å². The molecular weight excluding hydrogens is 237 g/mol. The molecule has 1 N–H and O–H groups in total. The quantitative estimate of drug-likeness (QED) is 0.505. The Labute approximate surface area is 103 Å². The first-order chi connectivity index (χ1) is 8.55. The Bertz CT molecular complexity index is 541. The molecule has 1 aromatic carbocycles. The van der Waals surface area contributed by atoms with Crippen LogP contribution in [-0.2, 0) is 9.53 Å². The number of nitrogens with one attached hydrogen (secondary N) is 1. The Morgan fingerprint density at radius 2 is 2.33 bits per heavy atom. The van der Waals surface area contributed by atoms with Gasteiger partial charge in [-0.15, -0.1) is 6.58 Å². The number of carbonyl (C=O) groups excluding carboxylic acids is 2. The minimum atomic E-state index is -1.52. The molecule has 0 aliphatic carbocycles. The molecule has 1 unspecified atom stereocenters. The SMILES string of the molecule is C=CCC1(C(=O)OC)Nc2cc(F)ccc2C1=O. The van der Waals surface area contributed by atoms with Crippen LogP contribution >= 0.6 is 0 Å². The molecule has 0 fully saturated rings. The predicted octanol–water partition coefficient (Wildman–Crippen LogP) is 1.92. The first kappa shape index (κ1) is 12.3. The van der Waals surface area contributed by atoms with Crippen molar-refractivity contribution in [2.45, 2.75) is 12.0 Å². The van der Waals surface area contributed by atoms with Crippen molar-refractivity contribution in [3.05, 3.63) is 42.2 Å². The van der Waals surface area contributed by atoms with E-state index in [0.717, 1.165) is 0 Å². The summed E-state index contributed by atoms with van der Waals surface area (Å²) in [5.41, 5.74) is -0.942. The Hall–Kier alpha value is -2.17. The lowest BCUT2D eigenvalue weighted by molar-refractivity contribution is -0.143. The predicted molar refractivity (Wildman–Crippen MR) is 63.9 cm³/mol. The van der Waals surface area contributed by atoms with E-state index in [9.17, 15) is 14.0 Å². The molecule has 0 spiro atoms. The summed E-state index contributed by atoms with van der Waals surface area (Å²) in [4.78, 5) is 24.1. The highest BCUT2D eigenvalue weighted by Gasteiger charge is 2.51. The molecule has 4 nitrogen and oxygen atoms in total. The normalized spacial score (nSPS) is 21.1. The number of halogens is 1. The van der Waals surface area contributed by atoms with Gasteiger partial charge in [0.1, 0.15) is 5.82 Å². The lowest BCUT2D eigenvalue weighted by Gasteiger charge is -2.23. The molecule has 1 aliphatic heterocycles. The summed E-state index contributed by atoms with van der Waals surface area (Å²) in [6.45, 7) is 3.53. The molecule has 0 amide bonds. The van der Waals surface area contributed by atoms with Crippen molar-refractivity contribution >= 4 is 17.4 Å². The van der Waals surface area contributed by atoms with E-state index in [0.29, 0.717) is 5.69 Å². The second-order valence-corrected chi connectivity index (χ2v) is 4.03. The number of ether oxygens (including phenoxy) is 1. The highest BCUT2D eigenvalue weighted by atomic mass is 19.1. The molecular formula is C13H12FNO3. The van der Waals surface area contributed by atoms with Crippen LogP contribution in [0.3, 0.4) is 0 Å². The zero-order valence-electron chi connectivity index (χ0n) is 9.83. The number of fused-ring (bicyclic) bond motifs is 1. The van der Waals surface area contributed by atoms with E-state index in [1.807, 2.05) is 0 Å². The summed E-state index contributed by atoms with van der Waals surface area (Å²) < 4.78 is 17.8. The number of ketones is 1. The molecule has 0 bridgehead atoms. The van der Waals surface area contributed by atoms with Gasteiger partial charge in [0.2, 0.25) is 11.3 Å². The second-order valence-electron chi connectivity index (χ2n) is 4.03. The smallest absolute Gasteiger partial charge is 0.340 e. The summed E-state index contributed by atoms with van der Waals surface area (Å²) in [6, 6.07) is 3.72. The number of hydrogen-bond donors (Lipinski definition) is 1. The minimum absolute atomic E-state index is 0.0782. The maximum absolute atomic E-state index is 13.1. The zero-order valence-corrected chi connectivity index (χ0v) is 9.83. The Balaban J connectivity index is 2.52. The summed E-state index contributed by atoms with van der Waals surface area (Å²) in [5, 5.41) is 2.75. The third kappa shape index (κ3) is 1.59.